The third kappa shape index (κ3) is 2.48. The van der Waals surface area contributed by atoms with Gasteiger partial charge in [0.2, 0.25) is 5.12 Å². The summed E-state index contributed by atoms with van der Waals surface area (Å²) in [6, 6.07) is 7.88. The van der Waals surface area contributed by atoms with Gasteiger partial charge in [-0.2, -0.15) is 0 Å². The lowest BCUT2D eigenvalue weighted by atomic mass is 10.2. The van der Waals surface area contributed by atoms with Gasteiger partial charge in [0.05, 0.1) is 5.69 Å². The number of aryl methyl sites for hydroxylation is 2. The van der Waals surface area contributed by atoms with Crippen LogP contribution in [0.15, 0.2) is 29.2 Å². The highest BCUT2D eigenvalue weighted by molar-refractivity contribution is 8.14. The Morgan fingerprint density at radius 2 is 1.94 bits per heavy atom. The van der Waals surface area contributed by atoms with Crippen molar-refractivity contribution < 1.29 is 4.79 Å². The van der Waals surface area contributed by atoms with Crippen molar-refractivity contribution in [3.8, 4) is 0 Å². The number of rotatable bonds is 2. The number of hydrogen-bond acceptors (Lipinski definition) is 5. The molecule has 1 heterocycles. The summed E-state index contributed by atoms with van der Waals surface area (Å²) in [6.45, 7) is 3.82. The molecule has 0 saturated carbocycles. The van der Waals surface area contributed by atoms with E-state index in [0.717, 1.165) is 16.4 Å². The average molecular weight is 250 g/mol. The monoisotopic (exact) mass is 250 g/mol. The number of carbonyl (C=O) groups is 1. The van der Waals surface area contributed by atoms with Gasteiger partial charge in [-0.25, -0.2) is 0 Å². The molecule has 1 aromatic carbocycles. The SMILES string of the molecule is Cc1ccc(SC(=O)c2snnc2C)cc1. The van der Waals surface area contributed by atoms with Crippen LogP contribution in [-0.2, 0) is 0 Å². The van der Waals surface area contributed by atoms with E-state index in [1.807, 2.05) is 31.2 Å². The summed E-state index contributed by atoms with van der Waals surface area (Å²) in [6.07, 6.45) is 0. The van der Waals surface area contributed by atoms with Gasteiger partial charge in [0.1, 0.15) is 4.88 Å². The highest BCUT2D eigenvalue weighted by Gasteiger charge is 2.14. The van der Waals surface area contributed by atoms with Crippen molar-refractivity contribution in [2.24, 2.45) is 0 Å². The van der Waals surface area contributed by atoms with Gasteiger partial charge in [-0.05, 0) is 49.3 Å². The van der Waals surface area contributed by atoms with Gasteiger partial charge in [0, 0.05) is 4.90 Å². The van der Waals surface area contributed by atoms with Gasteiger partial charge in [-0.3, -0.25) is 4.79 Å². The number of hydrogen-bond donors (Lipinski definition) is 0. The molecule has 1 aromatic heterocycles. The molecule has 16 heavy (non-hydrogen) atoms. The van der Waals surface area contributed by atoms with Crippen LogP contribution in [-0.4, -0.2) is 14.7 Å². The molecule has 5 heteroatoms. The predicted octanol–water partition coefficient (Wildman–Crippen LogP) is 3.09. The van der Waals surface area contributed by atoms with Crippen molar-refractivity contribution in [1.29, 1.82) is 0 Å². The van der Waals surface area contributed by atoms with E-state index in [2.05, 4.69) is 9.59 Å². The zero-order chi connectivity index (χ0) is 11.5. The van der Waals surface area contributed by atoms with Crippen molar-refractivity contribution >= 4 is 28.4 Å². The van der Waals surface area contributed by atoms with Crippen LogP contribution >= 0.6 is 23.3 Å². The van der Waals surface area contributed by atoms with E-state index in [0.29, 0.717) is 10.6 Å². The van der Waals surface area contributed by atoms with Crippen molar-refractivity contribution in [2.45, 2.75) is 18.7 Å². The maximum absolute atomic E-state index is 11.9. The molecule has 0 aliphatic heterocycles. The van der Waals surface area contributed by atoms with E-state index in [-0.39, 0.29) is 5.12 Å². The maximum Gasteiger partial charge on any atom is 0.237 e. The minimum Gasteiger partial charge on any atom is -0.280 e. The number of nitrogens with zero attached hydrogens (tertiary/aromatic N) is 2. The van der Waals surface area contributed by atoms with Gasteiger partial charge in [0.15, 0.2) is 0 Å². The molecule has 2 rings (SSSR count). The minimum atomic E-state index is 0.0105. The zero-order valence-electron chi connectivity index (χ0n) is 8.93. The van der Waals surface area contributed by atoms with Gasteiger partial charge >= 0.3 is 0 Å². The lowest BCUT2D eigenvalue weighted by molar-refractivity contribution is 0.109. The molecule has 0 amide bonds. The van der Waals surface area contributed by atoms with E-state index in [4.69, 9.17) is 0 Å². The Kier molecular flexibility index (Phi) is 3.36. The van der Waals surface area contributed by atoms with Crippen LogP contribution in [0, 0.1) is 13.8 Å². The summed E-state index contributed by atoms with van der Waals surface area (Å²) < 4.78 is 3.76. The molecule has 0 spiro atoms. The van der Waals surface area contributed by atoms with E-state index < -0.39 is 0 Å². The van der Waals surface area contributed by atoms with Crippen molar-refractivity contribution in [1.82, 2.24) is 9.59 Å². The molecule has 0 N–H and O–H groups in total. The average Bonchev–Trinajstić information content (AvgIpc) is 2.68. The summed E-state index contributed by atoms with van der Waals surface area (Å²) in [5.41, 5.74) is 1.89. The standard InChI is InChI=1S/C11H10N2OS2/c1-7-3-5-9(6-4-7)15-11(14)10-8(2)12-13-16-10/h3-6H,1-2H3. The second kappa shape index (κ2) is 4.76. The molecule has 0 saturated heterocycles. The smallest absolute Gasteiger partial charge is 0.237 e. The summed E-state index contributed by atoms with van der Waals surface area (Å²) in [5.74, 6) is 0. The Hall–Kier alpha value is -1.20. The quantitative estimate of drug-likeness (QED) is 0.768. The molecule has 2 aromatic rings. The van der Waals surface area contributed by atoms with E-state index >= 15 is 0 Å². The number of aromatic nitrogens is 2. The highest BCUT2D eigenvalue weighted by atomic mass is 32.2. The van der Waals surface area contributed by atoms with Gasteiger partial charge < -0.3 is 0 Å². The van der Waals surface area contributed by atoms with Crippen LogP contribution in [0.2, 0.25) is 0 Å². The summed E-state index contributed by atoms with van der Waals surface area (Å²) in [5, 5.41) is 3.84. The van der Waals surface area contributed by atoms with E-state index in [1.165, 1.54) is 17.3 Å². The highest BCUT2D eigenvalue weighted by Crippen LogP contribution is 2.25. The van der Waals surface area contributed by atoms with Crippen LogP contribution in [0.5, 0.6) is 0 Å². The van der Waals surface area contributed by atoms with Crippen LogP contribution in [0.4, 0.5) is 0 Å². The molecule has 0 radical (unpaired) electrons. The zero-order valence-corrected chi connectivity index (χ0v) is 10.6. The third-order valence-corrected chi connectivity index (χ3v) is 3.92. The topological polar surface area (TPSA) is 42.9 Å². The maximum atomic E-state index is 11.9. The second-order valence-corrected chi connectivity index (χ2v) is 5.19. The van der Waals surface area contributed by atoms with Crippen LogP contribution in [0.1, 0.15) is 20.9 Å². The molecular formula is C11H10N2OS2. The van der Waals surface area contributed by atoms with Gasteiger partial charge in [0.25, 0.3) is 0 Å². The third-order valence-electron chi connectivity index (χ3n) is 2.07. The van der Waals surface area contributed by atoms with E-state index in [9.17, 15) is 4.79 Å². The molecule has 0 aliphatic rings. The summed E-state index contributed by atoms with van der Waals surface area (Å²) >= 11 is 2.36. The summed E-state index contributed by atoms with van der Waals surface area (Å²) in [4.78, 5) is 13.5. The van der Waals surface area contributed by atoms with Crippen molar-refractivity contribution in [3.63, 3.8) is 0 Å². The first kappa shape index (κ1) is 11.3. The lowest BCUT2D eigenvalue weighted by Crippen LogP contribution is -1.92. The van der Waals surface area contributed by atoms with E-state index in [1.54, 1.807) is 6.92 Å². The largest absolute Gasteiger partial charge is 0.280 e. The fourth-order valence-electron chi connectivity index (χ4n) is 1.18. The summed E-state index contributed by atoms with van der Waals surface area (Å²) in [7, 11) is 0. The Balaban J connectivity index is 2.14. The van der Waals surface area contributed by atoms with Gasteiger partial charge in [-0.15, -0.1) is 5.10 Å². The molecule has 82 valence electrons. The molecule has 0 aliphatic carbocycles. The predicted molar refractivity (Wildman–Crippen MR) is 66.0 cm³/mol. The second-order valence-electron chi connectivity index (χ2n) is 3.39. The normalized spacial score (nSPS) is 10.4. The van der Waals surface area contributed by atoms with Crippen LogP contribution in [0.25, 0.3) is 0 Å². The molecular weight excluding hydrogens is 240 g/mol. The number of benzene rings is 1. The molecule has 0 fully saturated rings. The Labute approximate surface area is 102 Å². The van der Waals surface area contributed by atoms with Gasteiger partial charge in [-0.1, -0.05) is 22.2 Å². The Bertz CT molecular complexity index is 505. The first-order valence-corrected chi connectivity index (χ1v) is 6.33. The molecule has 0 bridgehead atoms. The van der Waals surface area contributed by atoms with Crippen molar-refractivity contribution in [3.05, 3.63) is 40.4 Å². The van der Waals surface area contributed by atoms with Crippen LogP contribution in [0.3, 0.4) is 0 Å². The molecule has 0 atom stereocenters. The minimum absolute atomic E-state index is 0.0105. The Morgan fingerprint density at radius 1 is 1.25 bits per heavy atom. The lowest BCUT2D eigenvalue weighted by Gasteiger charge is -1.99. The van der Waals surface area contributed by atoms with Crippen molar-refractivity contribution in [2.75, 3.05) is 0 Å². The first-order chi connectivity index (χ1) is 7.66. The number of carbonyl (C=O) groups excluding carboxylic acids is 1. The Morgan fingerprint density at radius 3 is 2.50 bits per heavy atom. The first-order valence-electron chi connectivity index (χ1n) is 4.74. The molecule has 3 nitrogen and oxygen atoms in total. The van der Waals surface area contributed by atoms with Crippen LogP contribution < -0.4 is 0 Å². The fourth-order valence-corrected chi connectivity index (χ4v) is 2.63. The number of thioether (sulfide) groups is 1. The molecule has 0 unspecified atom stereocenters. The fraction of sp³-hybridized carbons (Fsp3) is 0.182.